The highest BCUT2D eigenvalue weighted by Gasteiger charge is 2.58. The summed E-state index contributed by atoms with van der Waals surface area (Å²) in [6.07, 6.45) is 10.6. The van der Waals surface area contributed by atoms with Crippen LogP contribution in [0.3, 0.4) is 0 Å². The molecule has 0 aromatic heterocycles. The Labute approximate surface area is 138 Å². The normalized spacial score (nSPS) is 43.2. The van der Waals surface area contributed by atoms with E-state index in [1.165, 1.54) is 0 Å². The van der Waals surface area contributed by atoms with E-state index < -0.39 is 6.10 Å². The van der Waals surface area contributed by atoms with Gasteiger partial charge in [-0.1, -0.05) is 34.2 Å². The van der Waals surface area contributed by atoms with Crippen LogP contribution >= 0.6 is 15.9 Å². The molecule has 22 heavy (non-hydrogen) atoms. The largest absolute Gasteiger partial charge is 0.493 e. The summed E-state index contributed by atoms with van der Waals surface area (Å²) in [5.41, 5.74) is -0.217. The Morgan fingerprint density at radius 2 is 2.27 bits per heavy atom. The standard InChI is InChI=1S/C17H20BrNO3/c1-19-9-17-6-5-11(20)8-13(17)22-16-12(21-2)4-3-10(15(16)17)7-14(19)18/h3-6,8,10-11,14-15,20H,7,9H2,1-2H3. The third-order valence-corrected chi connectivity index (χ3v) is 6.34. The molecule has 0 amide bonds. The molecule has 4 aliphatic rings. The van der Waals surface area contributed by atoms with Gasteiger partial charge in [-0.05, 0) is 31.5 Å². The molecule has 5 atom stereocenters. The monoisotopic (exact) mass is 365 g/mol. The molecule has 2 fully saturated rings. The number of allylic oxidation sites excluding steroid dienone is 3. The first-order valence-electron chi connectivity index (χ1n) is 7.63. The van der Waals surface area contributed by atoms with Crippen molar-refractivity contribution in [3.63, 3.8) is 0 Å². The molecule has 0 aromatic carbocycles. The van der Waals surface area contributed by atoms with E-state index in [9.17, 15) is 5.11 Å². The van der Waals surface area contributed by atoms with Crippen LogP contribution in [0.5, 0.6) is 0 Å². The maximum Gasteiger partial charge on any atom is 0.157 e. The minimum atomic E-state index is -0.577. The van der Waals surface area contributed by atoms with Gasteiger partial charge in [0.1, 0.15) is 5.76 Å². The average Bonchev–Trinajstić information content (AvgIpc) is 2.76. The number of halogens is 1. The molecule has 1 spiro atoms. The molecule has 4 rings (SSSR count). The Hall–Kier alpha value is -1.04. The van der Waals surface area contributed by atoms with Crippen LogP contribution in [-0.4, -0.2) is 41.8 Å². The van der Waals surface area contributed by atoms with Gasteiger partial charge in [-0.15, -0.1) is 0 Å². The summed E-state index contributed by atoms with van der Waals surface area (Å²) < 4.78 is 11.7. The van der Waals surface area contributed by atoms with Gasteiger partial charge in [0.05, 0.1) is 23.6 Å². The Balaban J connectivity index is 1.90. The van der Waals surface area contributed by atoms with Crippen molar-refractivity contribution in [3.8, 4) is 0 Å². The lowest BCUT2D eigenvalue weighted by atomic mass is 9.66. The van der Waals surface area contributed by atoms with E-state index in [1.807, 2.05) is 18.2 Å². The molecular weight excluding hydrogens is 346 g/mol. The topological polar surface area (TPSA) is 41.9 Å². The van der Waals surface area contributed by atoms with Crippen molar-refractivity contribution < 1.29 is 14.6 Å². The number of ether oxygens (including phenoxy) is 2. The minimum Gasteiger partial charge on any atom is -0.493 e. The lowest BCUT2D eigenvalue weighted by molar-refractivity contribution is 0.198. The maximum atomic E-state index is 9.97. The number of aliphatic hydroxyl groups excluding tert-OH is 1. The minimum absolute atomic E-state index is 0.217. The van der Waals surface area contributed by atoms with E-state index >= 15 is 0 Å². The molecule has 118 valence electrons. The third kappa shape index (κ3) is 1.88. The van der Waals surface area contributed by atoms with Gasteiger partial charge in [-0.3, -0.25) is 4.90 Å². The summed E-state index contributed by atoms with van der Waals surface area (Å²) in [6, 6.07) is 0. The molecule has 5 unspecified atom stereocenters. The van der Waals surface area contributed by atoms with Crippen molar-refractivity contribution in [1.82, 2.24) is 4.90 Å². The fraction of sp³-hybridized carbons (Fsp3) is 0.529. The predicted molar refractivity (Wildman–Crippen MR) is 86.9 cm³/mol. The van der Waals surface area contributed by atoms with Crippen LogP contribution in [0.25, 0.3) is 0 Å². The molecule has 2 heterocycles. The zero-order valence-corrected chi connectivity index (χ0v) is 14.3. The lowest BCUT2D eigenvalue weighted by Crippen LogP contribution is -2.40. The van der Waals surface area contributed by atoms with Gasteiger partial charge in [-0.2, -0.15) is 0 Å². The van der Waals surface area contributed by atoms with Crippen LogP contribution in [0, 0.1) is 17.3 Å². The zero-order chi connectivity index (χ0) is 15.5. The van der Waals surface area contributed by atoms with E-state index in [1.54, 1.807) is 7.11 Å². The van der Waals surface area contributed by atoms with Crippen molar-refractivity contribution in [2.24, 2.45) is 17.3 Å². The first-order valence-corrected chi connectivity index (χ1v) is 8.55. The Kier molecular flexibility index (Phi) is 3.29. The molecule has 0 radical (unpaired) electrons. The fourth-order valence-corrected chi connectivity index (χ4v) is 4.81. The van der Waals surface area contributed by atoms with E-state index in [2.05, 4.69) is 40.0 Å². The molecule has 2 aliphatic carbocycles. The summed E-state index contributed by atoms with van der Waals surface area (Å²) in [4.78, 5) is 2.65. The van der Waals surface area contributed by atoms with Crippen LogP contribution in [-0.2, 0) is 9.47 Å². The van der Waals surface area contributed by atoms with Gasteiger partial charge in [0.25, 0.3) is 0 Å². The molecule has 1 N–H and O–H groups in total. The SMILES string of the molecule is COC1=C2OC3=CC(O)C=CC34CN(C)C(Br)CC(C=C1)C24. The molecule has 0 bridgehead atoms. The van der Waals surface area contributed by atoms with Gasteiger partial charge >= 0.3 is 0 Å². The Bertz CT molecular complexity index is 623. The van der Waals surface area contributed by atoms with Crippen molar-refractivity contribution in [2.75, 3.05) is 20.7 Å². The summed E-state index contributed by atoms with van der Waals surface area (Å²) in [5.74, 6) is 3.19. The number of rotatable bonds is 1. The van der Waals surface area contributed by atoms with Crippen molar-refractivity contribution in [2.45, 2.75) is 17.5 Å². The average molecular weight is 366 g/mol. The zero-order valence-electron chi connectivity index (χ0n) is 12.7. The highest BCUT2D eigenvalue weighted by atomic mass is 79.9. The van der Waals surface area contributed by atoms with Gasteiger partial charge in [-0.25, -0.2) is 0 Å². The highest BCUT2D eigenvalue weighted by Crippen LogP contribution is 2.59. The Morgan fingerprint density at radius 3 is 3.05 bits per heavy atom. The van der Waals surface area contributed by atoms with Gasteiger partial charge in [0, 0.05) is 12.5 Å². The van der Waals surface area contributed by atoms with Crippen LogP contribution in [0.1, 0.15) is 6.42 Å². The fourth-order valence-electron chi connectivity index (χ4n) is 4.23. The second-order valence-electron chi connectivity index (χ2n) is 6.54. The van der Waals surface area contributed by atoms with E-state index in [0.717, 1.165) is 30.2 Å². The van der Waals surface area contributed by atoms with Crippen LogP contribution in [0.2, 0.25) is 0 Å². The predicted octanol–water partition coefficient (Wildman–Crippen LogP) is 2.53. The van der Waals surface area contributed by atoms with Gasteiger partial charge < -0.3 is 14.6 Å². The van der Waals surface area contributed by atoms with Crippen LogP contribution < -0.4 is 0 Å². The number of hydrogen-bond donors (Lipinski definition) is 1. The quantitative estimate of drug-likeness (QED) is 0.440. The van der Waals surface area contributed by atoms with Crippen molar-refractivity contribution in [3.05, 3.63) is 47.7 Å². The first kappa shape index (κ1) is 14.5. The molecular formula is C17H20BrNO3. The lowest BCUT2D eigenvalue weighted by Gasteiger charge is -2.36. The second-order valence-corrected chi connectivity index (χ2v) is 7.60. The van der Waals surface area contributed by atoms with Crippen molar-refractivity contribution >= 4 is 15.9 Å². The molecule has 0 aromatic rings. The smallest absolute Gasteiger partial charge is 0.157 e. The van der Waals surface area contributed by atoms with Crippen LogP contribution in [0.15, 0.2) is 47.7 Å². The second kappa shape index (κ2) is 4.98. The molecule has 5 heteroatoms. The summed E-state index contributed by atoms with van der Waals surface area (Å²) in [5, 5.41) is 9.97. The molecule has 2 saturated heterocycles. The highest BCUT2D eigenvalue weighted by molar-refractivity contribution is 9.09. The molecule has 2 aliphatic heterocycles. The Morgan fingerprint density at radius 1 is 1.45 bits per heavy atom. The number of likely N-dealkylation sites (tertiary alicyclic amines) is 1. The first-order chi connectivity index (χ1) is 10.5. The number of methoxy groups -OCH3 is 1. The number of alkyl halides is 1. The van der Waals surface area contributed by atoms with Crippen LogP contribution in [0.4, 0.5) is 0 Å². The van der Waals surface area contributed by atoms with E-state index in [0.29, 0.717) is 10.9 Å². The summed E-state index contributed by atoms with van der Waals surface area (Å²) >= 11 is 3.81. The number of nitrogens with zero attached hydrogens (tertiary/aromatic N) is 1. The van der Waals surface area contributed by atoms with E-state index in [-0.39, 0.29) is 11.3 Å². The third-order valence-electron chi connectivity index (χ3n) is 5.27. The van der Waals surface area contributed by atoms with E-state index in [4.69, 9.17) is 9.47 Å². The molecule has 0 saturated carbocycles. The van der Waals surface area contributed by atoms with Crippen molar-refractivity contribution in [1.29, 1.82) is 0 Å². The number of hydrogen-bond acceptors (Lipinski definition) is 4. The van der Waals surface area contributed by atoms with Gasteiger partial charge in [0.15, 0.2) is 11.5 Å². The summed E-state index contributed by atoms with van der Waals surface area (Å²) in [6.45, 7) is 0.855. The number of aliphatic hydroxyl groups is 1. The molecule has 4 nitrogen and oxygen atoms in total. The maximum absolute atomic E-state index is 9.97. The van der Waals surface area contributed by atoms with Gasteiger partial charge in [0.2, 0.25) is 0 Å². The summed E-state index contributed by atoms with van der Waals surface area (Å²) in [7, 11) is 3.81.